The molecule has 0 atom stereocenters. The molecule has 0 bridgehead atoms. The lowest BCUT2D eigenvalue weighted by Crippen LogP contribution is -2.48. The van der Waals surface area contributed by atoms with Gasteiger partial charge in [-0.2, -0.15) is 15.0 Å². The van der Waals surface area contributed by atoms with Crippen molar-refractivity contribution in [1.82, 2.24) is 24.7 Å². The number of aromatic nitrogens is 5. The van der Waals surface area contributed by atoms with Crippen LogP contribution in [0.25, 0.3) is 0 Å². The van der Waals surface area contributed by atoms with Crippen LogP contribution in [0.3, 0.4) is 0 Å². The van der Waals surface area contributed by atoms with E-state index in [0.29, 0.717) is 43.8 Å². The summed E-state index contributed by atoms with van der Waals surface area (Å²) in [6.45, 7) is 4.50. The van der Waals surface area contributed by atoms with Crippen molar-refractivity contribution in [2.75, 3.05) is 36.0 Å². The van der Waals surface area contributed by atoms with Crippen molar-refractivity contribution in [3.8, 4) is 0 Å². The molecule has 4 aromatic rings. The van der Waals surface area contributed by atoms with Crippen LogP contribution in [0.1, 0.15) is 35.9 Å². The number of hydrogen-bond acceptors (Lipinski definition) is 8. The van der Waals surface area contributed by atoms with Crippen LogP contribution in [0.2, 0.25) is 0 Å². The normalized spacial score (nSPS) is 16.7. The number of hydrogen-bond donors (Lipinski definition) is 0. The summed E-state index contributed by atoms with van der Waals surface area (Å²) >= 11 is 0. The third kappa shape index (κ3) is 4.45. The Hall–Kier alpha value is -4.15. The molecule has 3 heterocycles. The van der Waals surface area contributed by atoms with Gasteiger partial charge in [-0.25, -0.2) is 13.6 Å². The maximum Gasteiger partial charge on any atom is 0.352 e. The van der Waals surface area contributed by atoms with E-state index in [0.717, 1.165) is 24.1 Å². The number of halogens is 2. The average molecular weight is 506 g/mol. The molecule has 190 valence electrons. The zero-order valence-corrected chi connectivity index (χ0v) is 20.3. The third-order valence-electron chi connectivity index (χ3n) is 7.17. The van der Waals surface area contributed by atoms with E-state index in [1.165, 1.54) is 28.8 Å². The average Bonchev–Trinajstić information content (AvgIpc) is 3.58. The highest BCUT2D eigenvalue weighted by atomic mass is 19.1. The lowest BCUT2D eigenvalue weighted by molar-refractivity contribution is 0.360. The van der Waals surface area contributed by atoms with Gasteiger partial charge in [-0.05, 0) is 61.7 Å². The Morgan fingerprint density at radius 3 is 2.11 bits per heavy atom. The van der Waals surface area contributed by atoms with Crippen LogP contribution in [-0.4, -0.2) is 50.9 Å². The molecule has 11 heteroatoms. The second kappa shape index (κ2) is 9.06. The van der Waals surface area contributed by atoms with Crippen molar-refractivity contribution in [2.45, 2.75) is 31.7 Å². The van der Waals surface area contributed by atoms with E-state index in [4.69, 9.17) is 4.52 Å². The van der Waals surface area contributed by atoms with Gasteiger partial charge in [0.1, 0.15) is 24.0 Å². The van der Waals surface area contributed by atoms with Gasteiger partial charge in [0.2, 0.25) is 11.8 Å². The summed E-state index contributed by atoms with van der Waals surface area (Å²) in [7, 11) is 0. The predicted octanol–water partition coefficient (Wildman–Crippen LogP) is 3.06. The molecule has 1 aliphatic heterocycles. The molecule has 6 rings (SSSR count). The van der Waals surface area contributed by atoms with E-state index in [1.807, 2.05) is 4.90 Å². The van der Waals surface area contributed by atoms with Gasteiger partial charge < -0.3 is 14.3 Å². The van der Waals surface area contributed by atoms with Crippen LogP contribution < -0.4 is 15.5 Å². The SMILES string of the molecule is Cc1nc(N2CCN(c3ccc(F)cc3)CC2)nc(=O)n1Cc1nc(C2(c3ccc(F)cc3)CC2)no1. The van der Waals surface area contributed by atoms with E-state index >= 15 is 0 Å². The maximum absolute atomic E-state index is 13.4. The molecule has 0 N–H and O–H groups in total. The second-order valence-electron chi connectivity index (χ2n) is 9.49. The van der Waals surface area contributed by atoms with Crippen LogP contribution in [0.5, 0.6) is 0 Å². The third-order valence-corrected chi connectivity index (χ3v) is 7.17. The summed E-state index contributed by atoms with van der Waals surface area (Å²) in [6, 6.07) is 12.8. The predicted molar refractivity (Wildman–Crippen MR) is 132 cm³/mol. The van der Waals surface area contributed by atoms with Gasteiger partial charge >= 0.3 is 5.69 Å². The first-order valence-corrected chi connectivity index (χ1v) is 12.2. The number of piperazine rings is 1. The minimum atomic E-state index is -0.442. The van der Waals surface area contributed by atoms with Crippen LogP contribution in [-0.2, 0) is 12.0 Å². The molecule has 2 fully saturated rings. The van der Waals surface area contributed by atoms with Crippen molar-refractivity contribution in [2.24, 2.45) is 0 Å². The Kier molecular flexibility index (Phi) is 5.69. The summed E-state index contributed by atoms with van der Waals surface area (Å²) in [5, 5.41) is 4.16. The first-order chi connectivity index (χ1) is 17.9. The highest BCUT2D eigenvalue weighted by molar-refractivity contribution is 5.48. The quantitative estimate of drug-likeness (QED) is 0.395. The largest absolute Gasteiger partial charge is 0.368 e. The van der Waals surface area contributed by atoms with Crippen molar-refractivity contribution in [3.63, 3.8) is 0 Å². The van der Waals surface area contributed by atoms with Crippen LogP contribution >= 0.6 is 0 Å². The number of benzene rings is 2. The van der Waals surface area contributed by atoms with Gasteiger partial charge in [-0.1, -0.05) is 17.3 Å². The molecule has 1 aliphatic carbocycles. The van der Waals surface area contributed by atoms with E-state index in [-0.39, 0.29) is 29.5 Å². The Morgan fingerprint density at radius 2 is 1.49 bits per heavy atom. The first-order valence-electron chi connectivity index (χ1n) is 12.2. The summed E-state index contributed by atoms with van der Waals surface area (Å²) < 4.78 is 33.5. The molecule has 0 amide bonds. The van der Waals surface area contributed by atoms with Gasteiger partial charge in [0.15, 0.2) is 5.82 Å². The van der Waals surface area contributed by atoms with Gasteiger partial charge in [-0.15, -0.1) is 0 Å². The van der Waals surface area contributed by atoms with Gasteiger partial charge in [0.25, 0.3) is 0 Å². The van der Waals surface area contributed by atoms with E-state index in [9.17, 15) is 13.6 Å². The zero-order chi connectivity index (χ0) is 25.6. The fourth-order valence-electron chi connectivity index (χ4n) is 4.84. The summed E-state index contributed by atoms with van der Waals surface area (Å²) in [5.74, 6) is 1.16. The van der Waals surface area contributed by atoms with Crippen molar-refractivity contribution in [3.05, 3.63) is 93.8 Å². The molecular formula is C26H25F2N7O2. The van der Waals surface area contributed by atoms with Crippen molar-refractivity contribution < 1.29 is 13.3 Å². The molecule has 1 saturated heterocycles. The molecule has 0 radical (unpaired) electrons. The Balaban J connectivity index is 1.15. The van der Waals surface area contributed by atoms with Crippen LogP contribution in [0, 0.1) is 18.6 Å². The standard InChI is InChI=1S/C26H25F2N7O2/c1-17-29-24(34-14-12-33(13-15-34)21-8-6-20(28)7-9-21)31-25(36)35(17)16-22-30-23(32-37-22)26(10-11-26)18-2-4-19(27)5-3-18/h2-9H,10-16H2,1H3. The zero-order valence-electron chi connectivity index (χ0n) is 20.3. The minimum absolute atomic E-state index is 0.0653. The fourth-order valence-corrected chi connectivity index (χ4v) is 4.84. The molecule has 0 unspecified atom stereocenters. The Morgan fingerprint density at radius 1 is 0.865 bits per heavy atom. The van der Waals surface area contributed by atoms with Gasteiger partial charge in [0.05, 0.1) is 5.41 Å². The van der Waals surface area contributed by atoms with Crippen molar-refractivity contribution in [1.29, 1.82) is 0 Å². The monoisotopic (exact) mass is 505 g/mol. The summed E-state index contributed by atoms with van der Waals surface area (Å²) in [6.07, 6.45) is 1.70. The van der Waals surface area contributed by atoms with Gasteiger partial charge in [0, 0.05) is 31.9 Å². The molecule has 1 saturated carbocycles. The number of rotatable bonds is 6. The van der Waals surface area contributed by atoms with E-state index < -0.39 is 5.69 Å². The maximum atomic E-state index is 13.4. The fraction of sp³-hybridized carbons (Fsp3) is 0.346. The van der Waals surface area contributed by atoms with Crippen LogP contribution in [0.15, 0.2) is 57.8 Å². The smallest absolute Gasteiger partial charge is 0.352 e. The van der Waals surface area contributed by atoms with Crippen molar-refractivity contribution >= 4 is 11.6 Å². The lowest BCUT2D eigenvalue weighted by Gasteiger charge is -2.36. The number of aryl methyl sites for hydroxylation is 1. The molecule has 9 nitrogen and oxygen atoms in total. The lowest BCUT2D eigenvalue weighted by atomic mass is 9.95. The first kappa shape index (κ1) is 23.3. The van der Waals surface area contributed by atoms with E-state index in [2.05, 4.69) is 25.0 Å². The second-order valence-corrected chi connectivity index (χ2v) is 9.49. The minimum Gasteiger partial charge on any atom is -0.368 e. The highest BCUT2D eigenvalue weighted by Gasteiger charge is 2.50. The summed E-state index contributed by atoms with van der Waals surface area (Å²) in [4.78, 5) is 30.4. The molecule has 0 spiro atoms. The highest BCUT2D eigenvalue weighted by Crippen LogP contribution is 2.52. The molecule has 37 heavy (non-hydrogen) atoms. The Labute approximate surface area is 211 Å². The number of nitrogens with zero attached hydrogens (tertiary/aromatic N) is 7. The molecular weight excluding hydrogens is 480 g/mol. The molecule has 2 aromatic carbocycles. The summed E-state index contributed by atoms with van der Waals surface area (Å²) in [5.41, 5.74) is 1.09. The van der Waals surface area contributed by atoms with Crippen LogP contribution in [0.4, 0.5) is 20.4 Å². The molecule has 2 aromatic heterocycles. The van der Waals surface area contributed by atoms with E-state index in [1.54, 1.807) is 31.2 Å². The Bertz CT molecular complexity index is 1470. The number of anilines is 2. The van der Waals surface area contributed by atoms with Gasteiger partial charge in [-0.3, -0.25) is 4.57 Å². The topological polar surface area (TPSA) is 93.2 Å². The molecule has 2 aliphatic rings.